The Kier molecular flexibility index (Phi) is 6.80. The van der Waals surface area contributed by atoms with Crippen LogP contribution >= 0.6 is 12.4 Å². The van der Waals surface area contributed by atoms with E-state index in [-0.39, 0.29) is 17.3 Å². The predicted molar refractivity (Wildman–Crippen MR) is 85.6 cm³/mol. The third-order valence-electron chi connectivity index (χ3n) is 3.82. The molecule has 6 nitrogen and oxygen atoms in total. The van der Waals surface area contributed by atoms with Gasteiger partial charge in [0.15, 0.2) is 0 Å². The lowest BCUT2D eigenvalue weighted by atomic mass is 9.99. The number of methoxy groups -OCH3 is 1. The number of nitrogens with zero attached hydrogens (tertiary/aromatic N) is 1. The van der Waals surface area contributed by atoms with Crippen LogP contribution in [0.4, 0.5) is 0 Å². The van der Waals surface area contributed by atoms with Gasteiger partial charge in [0.2, 0.25) is 10.0 Å². The molecule has 1 aliphatic rings. The summed E-state index contributed by atoms with van der Waals surface area (Å²) in [5.41, 5.74) is 5.95. The lowest BCUT2D eigenvalue weighted by Gasteiger charge is -2.30. The van der Waals surface area contributed by atoms with Crippen molar-refractivity contribution in [2.24, 2.45) is 11.7 Å². The summed E-state index contributed by atoms with van der Waals surface area (Å²) in [4.78, 5) is 11.5. The first-order chi connectivity index (χ1) is 9.98. The quantitative estimate of drug-likeness (QED) is 0.827. The Bertz CT molecular complexity index is 596. The second kappa shape index (κ2) is 7.92. The summed E-state index contributed by atoms with van der Waals surface area (Å²) in [6.07, 6.45) is 1.58. The largest absolute Gasteiger partial charge is 0.465 e. The lowest BCUT2D eigenvalue weighted by molar-refractivity contribution is 0.0600. The predicted octanol–water partition coefficient (Wildman–Crippen LogP) is 1.25. The van der Waals surface area contributed by atoms with Gasteiger partial charge in [-0.2, -0.15) is 4.31 Å². The maximum Gasteiger partial charge on any atom is 0.337 e. The lowest BCUT2D eigenvalue weighted by Crippen LogP contribution is -2.40. The normalized spacial score (nSPS) is 16.8. The molecule has 124 valence electrons. The number of rotatable bonds is 4. The zero-order valence-corrected chi connectivity index (χ0v) is 14.0. The Morgan fingerprint density at radius 1 is 1.27 bits per heavy atom. The van der Waals surface area contributed by atoms with Crippen LogP contribution in [0.3, 0.4) is 0 Å². The van der Waals surface area contributed by atoms with Gasteiger partial charge < -0.3 is 10.5 Å². The van der Waals surface area contributed by atoms with E-state index in [4.69, 9.17) is 5.73 Å². The maximum absolute atomic E-state index is 12.5. The van der Waals surface area contributed by atoms with Gasteiger partial charge in [-0.3, -0.25) is 0 Å². The Morgan fingerprint density at radius 2 is 1.82 bits per heavy atom. The van der Waals surface area contributed by atoms with Crippen LogP contribution in [-0.4, -0.2) is 45.4 Å². The van der Waals surface area contributed by atoms with Crippen molar-refractivity contribution in [2.45, 2.75) is 17.7 Å². The number of nitrogens with two attached hydrogens (primary N) is 1. The summed E-state index contributed by atoms with van der Waals surface area (Å²) in [5, 5.41) is 0. The van der Waals surface area contributed by atoms with E-state index < -0.39 is 16.0 Å². The number of carbonyl (C=O) groups is 1. The average molecular weight is 349 g/mol. The fourth-order valence-electron chi connectivity index (χ4n) is 2.42. The molecule has 2 N–H and O–H groups in total. The van der Waals surface area contributed by atoms with Crippen LogP contribution in [0.15, 0.2) is 29.2 Å². The fraction of sp³-hybridized carbons (Fsp3) is 0.500. The Balaban J connectivity index is 0.00000242. The van der Waals surface area contributed by atoms with E-state index in [1.54, 1.807) is 0 Å². The Morgan fingerprint density at radius 3 is 2.27 bits per heavy atom. The minimum atomic E-state index is -3.50. The second-order valence-corrected chi connectivity index (χ2v) is 7.04. The van der Waals surface area contributed by atoms with Crippen LogP contribution in [-0.2, 0) is 14.8 Å². The zero-order valence-electron chi connectivity index (χ0n) is 12.4. The molecule has 1 aliphatic heterocycles. The van der Waals surface area contributed by atoms with E-state index in [2.05, 4.69) is 4.74 Å². The number of ether oxygens (including phenoxy) is 1. The molecule has 0 bridgehead atoms. The minimum absolute atomic E-state index is 0. The standard InChI is InChI=1S/C14H20N2O4S.ClH/c1-20-14(17)12-2-4-13(5-3-12)21(18,19)16-8-6-11(10-15)7-9-16;/h2-5,11H,6-10,15H2,1H3;1H. The van der Waals surface area contributed by atoms with Crippen molar-refractivity contribution in [3.05, 3.63) is 29.8 Å². The number of carbonyl (C=O) groups excluding carboxylic acids is 1. The summed E-state index contributed by atoms with van der Waals surface area (Å²) in [6, 6.07) is 5.81. The number of benzene rings is 1. The van der Waals surface area contributed by atoms with Crippen LogP contribution in [0, 0.1) is 5.92 Å². The topological polar surface area (TPSA) is 89.7 Å². The molecule has 1 saturated heterocycles. The number of hydrogen-bond acceptors (Lipinski definition) is 5. The van der Waals surface area contributed by atoms with Crippen LogP contribution < -0.4 is 5.73 Å². The van der Waals surface area contributed by atoms with E-state index in [9.17, 15) is 13.2 Å². The van der Waals surface area contributed by atoms with Crippen LogP contribution in [0.2, 0.25) is 0 Å². The summed E-state index contributed by atoms with van der Waals surface area (Å²) < 4.78 is 31.1. The van der Waals surface area contributed by atoms with E-state index in [1.165, 1.54) is 35.7 Å². The number of hydrogen-bond donors (Lipinski definition) is 1. The van der Waals surface area contributed by atoms with Gasteiger partial charge in [0.05, 0.1) is 17.6 Å². The van der Waals surface area contributed by atoms with Crippen molar-refractivity contribution in [1.29, 1.82) is 0 Å². The SMILES string of the molecule is COC(=O)c1ccc(S(=O)(=O)N2CCC(CN)CC2)cc1.Cl. The average Bonchev–Trinajstić information content (AvgIpc) is 2.54. The first-order valence-corrected chi connectivity index (χ1v) is 8.31. The van der Waals surface area contributed by atoms with Gasteiger partial charge in [-0.15, -0.1) is 12.4 Å². The molecule has 0 radical (unpaired) electrons. The monoisotopic (exact) mass is 348 g/mol. The molecule has 0 aliphatic carbocycles. The summed E-state index contributed by atoms with van der Waals surface area (Å²) in [6.45, 7) is 1.58. The Labute approximate surface area is 137 Å². The number of sulfonamides is 1. The van der Waals surface area contributed by atoms with Crippen molar-refractivity contribution in [1.82, 2.24) is 4.31 Å². The third kappa shape index (κ3) is 3.98. The number of piperidine rings is 1. The second-order valence-electron chi connectivity index (χ2n) is 5.10. The van der Waals surface area contributed by atoms with Crippen LogP contribution in [0.1, 0.15) is 23.2 Å². The fourth-order valence-corrected chi connectivity index (χ4v) is 3.88. The molecule has 0 aromatic heterocycles. The highest BCUT2D eigenvalue weighted by atomic mass is 35.5. The number of halogens is 1. The summed E-state index contributed by atoms with van der Waals surface area (Å²) in [7, 11) is -2.22. The highest BCUT2D eigenvalue weighted by Crippen LogP contribution is 2.23. The molecule has 0 spiro atoms. The molecule has 1 fully saturated rings. The van der Waals surface area contributed by atoms with Crippen molar-refractivity contribution >= 4 is 28.4 Å². The van der Waals surface area contributed by atoms with Gasteiger partial charge in [0.1, 0.15) is 0 Å². The van der Waals surface area contributed by atoms with E-state index >= 15 is 0 Å². The van der Waals surface area contributed by atoms with E-state index in [0.29, 0.717) is 31.1 Å². The molecule has 0 saturated carbocycles. The third-order valence-corrected chi connectivity index (χ3v) is 5.73. The summed E-state index contributed by atoms with van der Waals surface area (Å²) in [5.74, 6) is -0.0825. The van der Waals surface area contributed by atoms with Crippen LogP contribution in [0.25, 0.3) is 0 Å². The molecule has 2 rings (SSSR count). The highest BCUT2D eigenvalue weighted by Gasteiger charge is 2.28. The van der Waals surface area contributed by atoms with Crippen molar-refractivity contribution in [2.75, 3.05) is 26.7 Å². The molecule has 1 aromatic rings. The maximum atomic E-state index is 12.5. The van der Waals surface area contributed by atoms with Crippen molar-refractivity contribution < 1.29 is 17.9 Å². The Hall–Kier alpha value is -1.15. The molecule has 22 heavy (non-hydrogen) atoms. The van der Waals surface area contributed by atoms with Gasteiger partial charge in [0, 0.05) is 13.1 Å². The van der Waals surface area contributed by atoms with Gasteiger partial charge in [-0.25, -0.2) is 13.2 Å². The smallest absolute Gasteiger partial charge is 0.337 e. The molecule has 0 amide bonds. The van der Waals surface area contributed by atoms with Gasteiger partial charge >= 0.3 is 5.97 Å². The molecule has 1 aromatic carbocycles. The van der Waals surface area contributed by atoms with Gasteiger partial charge in [-0.05, 0) is 49.6 Å². The molecule has 0 unspecified atom stereocenters. The molecule has 0 atom stereocenters. The molecular formula is C14H21ClN2O4S. The van der Waals surface area contributed by atoms with Crippen LogP contribution in [0.5, 0.6) is 0 Å². The number of esters is 1. The van der Waals surface area contributed by atoms with Gasteiger partial charge in [0.25, 0.3) is 0 Å². The molecular weight excluding hydrogens is 328 g/mol. The van der Waals surface area contributed by atoms with Crippen molar-refractivity contribution in [3.8, 4) is 0 Å². The molecule has 8 heteroatoms. The van der Waals surface area contributed by atoms with E-state index in [1.807, 2.05) is 0 Å². The first kappa shape index (κ1) is 18.9. The highest BCUT2D eigenvalue weighted by molar-refractivity contribution is 7.89. The first-order valence-electron chi connectivity index (χ1n) is 6.87. The summed E-state index contributed by atoms with van der Waals surface area (Å²) >= 11 is 0. The van der Waals surface area contributed by atoms with Crippen molar-refractivity contribution in [3.63, 3.8) is 0 Å². The zero-order chi connectivity index (χ0) is 15.5. The minimum Gasteiger partial charge on any atom is -0.465 e. The van der Waals surface area contributed by atoms with E-state index in [0.717, 1.165) is 12.8 Å². The molecule has 1 heterocycles. The van der Waals surface area contributed by atoms with Gasteiger partial charge in [-0.1, -0.05) is 0 Å².